The molecule has 0 heterocycles. The number of benzene rings is 1. The van der Waals surface area contributed by atoms with Gasteiger partial charge in [-0.05, 0) is 43.2 Å². The highest BCUT2D eigenvalue weighted by atomic mass is 127. The summed E-state index contributed by atoms with van der Waals surface area (Å²) in [6, 6.07) is 10.4. The predicted molar refractivity (Wildman–Crippen MR) is 135 cm³/mol. The van der Waals surface area contributed by atoms with Crippen LogP contribution in [0.15, 0.2) is 35.3 Å². The van der Waals surface area contributed by atoms with Crippen molar-refractivity contribution in [2.75, 3.05) is 65.9 Å². The van der Waals surface area contributed by atoms with Gasteiger partial charge in [0.05, 0.1) is 0 Å². The summed E-state index contributed by atoms with van der Waals surface area (Å²) in [5.74, 6) is 0.710. The lowest BCUT2D eigenvalue weighted by Crippen LogP contribution is -2.42. The second kappa shape index (κ2) is 13.7. The molecule has 1 aliphatic rings. The fourth-order valence-electron chi connectivity index (χ4n) is 3.08. The third kappa shape index (κ3) is 9.51. The standard InChI is InChI=1S/C22H37N5O2.HI/c1-26(2)20(28)17-24-21(25-18-22(11-12-22)13-16-29-4)23-14-8-15-27(3)19-9-6-5-7-10-19;/h5-7,9-10H,8,11-18H2,1-4H3,(H2,23,24,25);1H. The van der Waals surface area contributed by atoms with E-state index in [-0.39, 0.29) is 36.4 Å². The van der Waals surface area contributed by atoms with Crippen molar-refractivity contribution in [3.05, 3.63) is 30.3 Å². The largest absolute Gasteiger partial charge is 0.385 e. The van der Waals surface area contributed by atoms with Gasteiger partial charge >= 0.3 is 0 Å². The summed E-state index contributed by atoms with van der Waals surface area (Å²) in [5.41, 5.74) is 1.53. The number of anilines is 1. The summed E-state index contributed by atoms with van der Waals surface area (Å²) in [6.45, 7) is 3.54. The van der Waals surface area contributed by atoms with Crippen molar-refractivity contribution in [1.29, 1.82) is 0 Å². The zero-order chi connectivity index (χ0) is 21.1. The molecule has 0 saturated heterocycles. The van der Waals surface area contributed by atoms with E-state index < -0.39 is 0 Å². The quantitative estimate of drug-likeness (QED) is 0.188. The topological polar surface area (TPSA) is 69.2 Å². The molecule has 0 aromatic heterocycles. The minimum absolute atomic E-state index is 0. The minimum atomic E-state index is -0.00423. The predicted octanol–water partition coefficient (Wildman–Crippen LogP) is 2.57. The Morgan fingerprint density at radius 1 is 1.17 bits per heavy atom. The van der Waals surface area contributed by atoms with Crippen molar-refractivity contribution in [1.82, 2.24) is 15.5 Å². The van der Waals surface area contributed by atoms with Crippen LogP contribution in [0.5, 0.6) is 0 Å². The van der Waals surface area contributed by atoms with E-state index in [0.29, 0.717) is 11.4 Å². The van der Waals surface area contributed by atoms with E-state index in [0.717, 1.165) is 39.1 Å². The molecule has 7 nitrogen and oxygen atoms in total. The average Bonchev–Trinajstić information content (AvgIpc) is 3.51. The number of para-hydroxylation sites is 1. The lowest BCUT2D eigenvalue weighted by atomic mass is 10.0. The number of nitrogens with one attached hydrogen (secondary N) is 2. The van der Waals surface area contributed by atoms with Crippen molar-refractivity contribution in [3.8, 4) is 0 Å². The number of carbonyl (C=O) groups is 1. The number of hydrogen-bond acceptors (Lipinski definition) is 4. The van der Waals surface area contributed by atoms with E-state index in [4.69, 9.17) is 4.74 Å². The van der Waals surface area contributed by atoms with Gasteiger partial charge in [0.2, 0.25) is 5.91 Å². The molecule has 1 aromatic rings. The van der Waals surface area contributed by atoms with Crippen LogP contribution in [-0.4, -0.2) is 77.8 Å². The summed E-state index contributed by atoms with van der Waals surface area (Å²) < 4.78 is 5.24. The van der Waals surface area contributed by atoms with Crippen molar-refractivity contribution in [3.63, 3.8) is 0 Å². The van der Waals surface area contributed by atoms with E-state index in [1.165, 1.54) is 18.5 Å². The second-order valence-corrected chi connectivity index (χ2v) is 8.09. The number of rotatable bonds is 12. The van der Waals surface area contributed by atoms with Crippen LogP contribution in [0.1, 0.15) is 25.7 Å². The van der Waals surface area contributed by atoms with E-state index in [1.807, 2.05) is 6.07 Å². The smallest absolute Gasteiger partial charge is 0.243 e. The number of carbonyl (C=O) groups excluding carboxylic acids is 1. The molecule has 0 unspecified atom stereocenters. The number of nitrogens with zero attached hydrogens (tertiary/aromatic N) is 3. The van der Waals surface area contributed by atoms with Crippen LogP contribution < -0.4 is 15.5 Å². The zero-order valence-corrected chi connectivity index (χ0v) is 21.1. The lowest BCUT2D eigenvalue weighted by Gasteiger charge is -2.21. The molecule has 1 fully saturated rings. The number of halogens is 1. The van der Waals surface area contributed by atoms with Gasteiger partial charge in [-0.15, -0.1) is 24.0 Å². The van der Waals surface area contributed by atoms with Gasteiger partial charge < -0.3 is 25.2 Å². The molecule has 0 bridgehead atoms. The normalized spacial score (nSPS) is 14.5. The molecule has 2 rings (SSSR count). The minimum Gasteiger partial charge on any atom is -0.385 e. The first-order valence-corrected chi connectivity index (χ1v) is 10.4. The molecular weight excluding hydrogens is 493 g/mol. The van der Waals surface area contributed by atoms with E-state index in [2.05, 4.69) is 51.8 Å². The Balaban J connectivity index is 0.00000450. The SMILES string of the molecule is COCCC1(CNC(=NCC(=O)N(C)C)NCCCN(C)c2ccccc2)CC1.I. The fourth-order valence-corrected chi connectivity index (χ4v) is 3.08. The van der Waals surface area contributed by atoms with Gasteiger partial charge in [-0.2, -0.15) is 0 Å². The van der Waals surface area contributed by atoms with E-state index in [9.17, 15) is 4.79 Å². The number of guanidine groups is 1. The van der Waals surface area contributed by atoms with E-state index in [1.54, 1.807) is 26.1 Å². The molecule has 0 atom stereocenters. The number of methoxy groups -OCH3 is 1. The Hall–Kier alpha value is -1.55. The van der Waals surface area contributed by atoms with Crippen LogP contribution in [0.3, 0.4) is 0 Å². The molecule has 8 heteroatoms. The van der Waals surface area contributed by atoms with Gasteiger partial charge in [0.1, 0.15) is 6.54 Å². The summed E-state index contributed by atoms with van der Waals surface area (Å²) in [4.78, 5) is 20.2. The first-order valence-electron chi connectivity index (χ1n) is 10.4. The van der Waals surface area contributed by atoms with Gasteiger partial charge in [0, 0.05) is 60.2 Å². The highest BCUT2D eigenvalue weighted by molar-refractivity contribution is 14.0. The first kappa shape index (κ1) is 26.5. The van der Waals surface area contributed by atoms with Gasteiger partial charge in [-0.3, -0.25) is 4.79 Å². The molecule has 1 saturated carbocycles. The molecule has 2 N–H and O–H groups in total. The lowest BCUT2D eigenvalue weighted by molar-refractivity contribution is -0.127. The zero-order valence-electron chi connectivity index (χ0n) is 18.8. The Morgan fingerprint density at radius 3 is 2.47 bits per heavy atom. The maximum Gasteiger partial charge on any atom is 0.243 e. The van der Waals surface area contributed by atoms with Crippen LogP contribution in [0.2, 0.25) is 0 Å². The van der Waals surface area contributed by atoms with Gasteiger partial charge in [-0.25, -0.2) is 4.99 Å². The Bertz CT molecular complexity index is 650. The van der Waals surface area contributed by atoms with Crippen molar-refractivity contribution >= 4 is 41.5 Å². The third-order valence-corrected chi connectivity index (χ3v) is 5.46. The number of hydrogen-bond donors (Lipinski definition) is 2. The second-order valence-electron chi connectivity index (χ2n) is 8.09. The summed E-state index contributed by atoms with van der Waals surface area (Å²) in [5, 5.41) is 6.83. The Kier molecular flexibility index (Phi) is 12.1. The Morgan fingerprint density at radius 2 is 1.87 bits per heavy atom. The van der Waals surface area contributed by atoms with Crippen LogP contribution in [0, 0.1) is 5.41 Å². The molecule has 0 radical (unpaired) electrons. The highest BCUT2D eigenvalue weighted by Gasteiger charge is 2.41. The number of aliphatic imine (C=N–C) groups is 1. The van der Waals surface area contributed by atoms with Crippen molar-refractivity contribution in [2.45, 2.75) is 25.7 Å². The summed E-state index contributed by atoms with van der Waals surface area (Å²) in [6.07, 6.45) is 4.47. The molecule has 0 aliphatic heterocycles. The van der Waals surface area contributed by atoms with Gasteiger partial charge in [-0.1, -0.05) is 18.2 Å². The maximum absolute atomic E-state index is 11.9. The number of likely N-dealkylation sites (N-methyl/N-ethyl adjacent to an activating group) is 1. The molecule has 1 amide bonds. The third-order valence-electron chi connectivity index (χ3n) is 5.46. The van der Waals surface area contributed by atoms with Crippen LogP contribution in [0.4, 0.5) is 5.69 Å². The monoisotopic (exact) mass is 531 g/mol. The van der Waals surface area contributed by atoms with Crippen LogP contribution in [0.25, 0.3) is 0 Å². The Labute approximate surface area is 198 Å². The summed E-state index contributed by atoms with van der Waals surface area (Å²) >= 11 is 0. The molecule has 170 valence electrons. The van der Waals surface area contributed by atoms with Crippen LogP contribution in [-0.2, 0) is 9.53 Å². The van der Waals surface area contributed by atoms with Crippen molar-refractivity contribution in [2.24, 2.45) is 10.4 Å². The van der Waals surface area contributed by atoms with Gasteiger partial charge in [0.25, 0.3) is 0 Å². The summed E-state index contributed by atoms with van der Waals surface area (Å²) in [7, 11) is 7.35. The van der Waals surface area contributed by atoms with Crippen molar-refractivity contribution < 1.29 is 9.53 Å². The fraction of sp³-hybridized carbons (Fsp3) is 0.636. The maximum atomic E-state index is 11.9. The molecule has 0 spiro atoms. The number of ether oxygens (including phenoxy) is 1. The van der Waals surface area contributed by atoms with Crippen LogP contribution >= 0.6 is 24.0 Å². The molecule has 1 aromatic carbocycles. The highest BCUT2D eigenvalue weighted by Crippen LogP contribution is 2.48. The number of amides is 1. The first-order chi connectivity index (χ1) is 14.0. The van der Waals surface area contributed by atoms with Gasteiger partial charge in [0.15, 0.2) is 5.96 Å². The average molecular weight is 531 g/mol. The molecule has 1 aliphatic carbocycles. The molecule has 30 heavy (non-hydrogen) atoms. The van der Waals surface area contributed by atoms with E-state index >= 15 is 0 Å². The molecular formula is C22H38IN5O2.